The Hall–Kier alpha value is -7.96. The van der Waals surface area contributed by atoms with E-state index < -0.39 is 83.6 Å². The zero-order valence-electron chi connectivity index (χ0n) is 80.3. The third kappa shape index (κ3) is 93.8. The normalized spacial score (nSPS) is 12.4. The van der Waals surface area contributed by atoms with E-state index in [1.165, 1.54) is 122 Å². The zero-order valence-corrected chi connectivity index (χ0v) is 80.3. The van der Waals surface area contributed by atoms with Crippen molar-refractivity contribution in [2.45, 2.75) is 423 Å². The molecule has 0 heterocycles. The van der Waals surface area contributed by atoms with Crippen LogP contribution >= 0.6 is 0 Å². The molecule has 0 aromatic carbocycles. The first-order valence-electron chi connectivity index (χ1n) is 49.8. The lowest BCUT2D eigenvalue weighted by Gasteiger charge is -2.12. The number of amides is 4. The number of carbonyl (C=O) groups excluding carboxylic acids is 8. The number of ether oxygens (including phenoxy) is 4. The van der Waals surface area contributed by atoms with Crippen molar-refractivity contribution in [1.82, 2.24) is 21.3 Å². The lowest BCUT2D eigenvalue weighted by molar-refractivity contribution is -0.144. The maximum Gasteiger partial charge on any atom is 0.320 e. The van der Waals surface area contributed by atoms with E-state index in [9.17, 15) is 92.0 Å². The topological polar surface area (TPSA) is 598 Å². The number of Topliss-reactive ketones (excluding diaryl/α,β-unsaturated/α-hetero) is 4. The van der Waals surface area contributed by atoms with Gasteiger partial charge in [-0.25, -0.2) is 0 Å². The highest BCUT2D eigenvalue weighted by atomic mass is 16.5. The summed E-state index contributed by atoms with van der Waals surface area (Å²) in [6.07, 6.45) is 48.5. The highest BCUT2D eigenvalue weighted by molar-refractivity contribution is 5.86. The van der Waals surface area contributed by atoms with Gasteiger partial charge in [-0.2, -0.15) is 0 Å². The summed E-state index contributed by atoms with van der Waals surface area (Å²) in [7, 11) is 0. The van der Waals surface area contributed by atoms with Crippen LogP contribution in [-0.2, 0) is 95.7 Å². The second kappa shape index (κ2) is 93.4. The number of aliphatic carboxylic acids is 8. The van der Waals surface area contributed by atoms with Crippen LogP contribution in [0.15, 0.2) is 0 Å². The summed E-state index contributed by atoms with van der Waals surface area (Å²) in [6.45, 7) is 4.99. The number of unbranched alkanes of at least 4 members (excludes halogenated alkanes) is 37. The van der Waals surface area contributed by atoms with Gasteiger partial charge in [0.25, 0.3) is 0 Å². The summed E-state index contributed by atoms with van der Waals surface area (Å²) < 4.78 is 21.4. The average Bonchev–Trinajstić information content (AvgIpc) is 0.936. The van der Waals surface area contributed by atoms with Gasteiger partial charge in [-0.3, -0.25) is 76.7 Å². The molecular weight excluding hydrogens is 1710 g/mol. The molecule has 0 rings (SSSR count). The average molecular weight is 1890 g/mol. The van der Waals surface area contributed by atoms with Crippen LogP contribution in [0.3, 0.4) is 0 Å². The largest absolute Gasteiger partial charge is 0.481 e. The molecular formula is C97H175N7O28. The van der Waals surface area contributed by atoms with Crippen LogP contribution in [0.5, 0.6) is 0 Å². The van der Waals surface area contributed by atoms with Gasteiger partial charge < -0.3 is 98.3 Å². The van der Waals surface area contributed by atoms with E-state index in [4.69, 9.17) is 61.7 Å². The molecule has 0 bridgehead atoms. The quantitative estimate of drug-likeness (QED) is 0.0251. The van der Waals surface area contributed by atoms with Crippen molar-refractivity contribution in [3.05, 3.63) is 0 Å². The molecule has 6 atom stereocenters. The molecule has 0 saturated carbocycles. The van der Waals surface area contributed by atoms with Gasteiger partial charge in [0, 0.05) is 110 Å². The molecule has 0 aromatic rings. The molecule has 0 fully saturated rings. The monoisotopic (exact) mass is 1890 g/mol. The van der Waals surface area contributed by atoms with Crippen molar-refractivity contribution in [1.29, 1.82) is 0 Å². The Morgan fingerprint density at radius 1 is 0.220 bits per heavy atom. The van der Waals surface area contributed by atoms with Crippen molar-refractivity contribution in [2.24, 2.45) is 35.0 Å². The van der Waals surface area contributed by atoms with Gasteiger partial charge in [0.1, 0.15) is 48.7 Å². The molecule has 0 spiro atoms. The standard InChI is InChI=1S/C43H77N3O14.C28H50N2O8.C26H48N2O6/c44-38(43(55)56)20-15-16-24-45-40(50)34-60-31-28-57-26-17-19-37(48)33-59-30-29-58-27-25-46-39(49)23-22-35(42(53)54)32-36(47)18-13-11-9-7-5-3-1-2-4-6-8-10-12-14-21-41(51)52;29-24(28(37)38)16-13-14-20-30-25(32)19-18-22(27(35)36)21-23(31)15-11-9-7-5-3-1-2-4-6-8-10-12-17-26(33)34;1-2-3-4-5-6-7-8-9-10-11-12-15-22(29)20-21(25(31)32)17-18-24(30)28-19-14-13-16-23(27)26(33)34/h35,38H,1-34,44H2,(H,45,50)(H,46,49)(H,51,52)(H,53,54)(H,55,56);22,24H,1-21,29H2,(H,30,32)(H,33,34)(H,35,36)(H,37,38);21,23H,2-20,27H2,1H3,(H,28,30)(H,31,32)(H,33,34)/t35-,38+;22-,24+;21-,23+/m111/s1. The van der Waals surface area contributed by atoms with Crippen molar-refractivity contribution >= 4 is 94.5 Å². The van der Waals surface area contributed by atoms with E-state index in [1.807, 2.05) is 0 Å². The smallest absolute Gasteiger partial charge is 0.320 e. The van der Waals surface area contributed by atoms with Crippen molar-refractivity contribution < 1.29 is 137 Å². The molecule has 132 heavy (non-hydrogen) atoms. The number of hydrogen-bond donors (Lipinski definition) is 15. The van der Waals surface area contributed by atoms with Crippen molar-refractivity contribution in [3.63, 3.8) is 0 Å². The van der Waals surface area contributed by atoms with Crippen LogP contribution in [0.2, 0.25) is 0 Å². The van der Waals surface area contributed by atoms with E-state index in [-0.39, 0.29) is 177 Å². The van der Waals surface area contributed by atoms with Gasteiger partial charge in [-0.1, -0.05) is 212 Å². The van der Waals surface area contributed by atoms with Gasteiger partial charge in [-0.05, 0) is 116 Å². The number of nitrogens with one attached hydrogen (secondary N) is 4. The SMILES string of the molecule is CCCCCCCCCCCCCC(=O)C[C@@H](CCC(=O)NCCCC[C@H](N)C(=O)O)C(=O)O.N[C@@H](CCCCNC(=O)CC[C@H](CC(=O)CCCCCCCCCCCCCCC(=O)O)C(=O)O)C(=O)O.N[C@@H](CCCCNC(=O)COCCOCCCC(=O)COCCOCCNC(=O)CC[C@H](CC(=O)CCCCCCCCCCCCCCCCC(=O)O)C(=O)O)C(=O)O. The van der Waals surface area contributed by atoms with Gasteiger partial charge >= 0.3 is 47.8 Å². The molecule has 0 aromatic heterocycles. The Balaban J connectivity index is -0.00000200. The van der Waals surface area contributed by atoms with E-state index in [1.54, 1.807) is 0 Å². The lowest BCUT2D eigenvalue weighted by atomic mass is 9.94. The van der Waals surface area contributed by atoms with E-state index >= 15 is 0 Å². The Morgan fingerprint density at radius 2 is 0.462 bits per heavy atom. The number of carboxylic acid groups (broad SMARTS) is 8. The Bertz CT molecular complexity index is 3060. The fourth-order valence-electron chi connectivity index (χ4n) is 14.4. The van der Waals surface area contributed by atoms with Gasteiger partial charge in [0.15, 0.2) is 5.78 Å². The minimum atomic E-state index is -1.07. The Kier molecular flexibility index (Phi) is 90.7. The molecule has 766 valence electrons. The van der Waals surface area contributed by atoms with Crippen molar-refractivity contribution in [2.75, 3.05) is 79.0 Å². The summed E-state index contributed by atoms with van der Waals surface area (Å²) in [6, 6.07) is -2.69. The van der Waals surface area contributed by atoms with Crippen LogP contribution < -0.4 is 38.5 Å². The van der Waals surface area contributed by atoms with Crippen LogP contribution in [0.4, 0.5) is 0 Å². The number of hydrogen-bond acceptors (Lipinski definition) is 23. The van der Waals surface area contributed by atoms with Crippen LogP contribution in [0.1, 0.15) is 405 Å². The second-order valence-electron chi connectivity index (χ2n) is 34.9. The van der Waals surface area contributed by atoms with Gasteiger partial charge in [0.2, 0.25) is 23.6 Å². The van der Waals surface area contributed by atoms with Crippen LogP contribution in [0.25, 0.3) is 0 Å². The lowest BCUT2D eigenvalue weighted by Crippen LogP contribution is -2.31. The minimum Gasteiger partial charge on any atom is -0.481 e. The van der Waals surface area contributed by atoms with E-state index in [0.29, 0.717) is 110 Å². The van der Waals surface area contributed by atoms with Crippen LogP contribution in [0, 0.1) is 17.8 Å². The van der Waals surface area contributed by atoms with Crippen LogP contribution in [-0.4, -0.2) is 233 Å². The third-order valence-corrected chi connectivity index (χ3v) is 22.7. The maximum atomic E-state index is 12.4. The number of carbonyl (C=O) groups is 16. The molecule has 18 N–H and O–H groups in total. The predicted molar refractivity (Wildman–Crippen MR) is 503 cm³/mol. The predicted octanol–water partition coefficient (Wildman–Crippen LogP) is 14.5. The number of ketones is 4. The van der Waals surface area contributed by atoms with Gasteiger partial charge in [-0.15, -0.1) is 0 Å². The minimum absolute atomic E-state index is 0.000682. The number of carboxylic acids is 8. The third-order valence-electron chi connectivity index (χ3n) is 22.7. The molecule has 0 aliphatic rings. The molecule has 0 saturated heterocycles. The molecule has 0 aliphatic heterocycles. The first kappa shape index (κ1) is 128. The van der Waals surface area contributed by atoms with E-state index in [2.05, 4.69) is 28.2 Å². The van der Waals surface area contributed by atoms with Crippen molar-refractivity contribution in [3.8, 4) is 0 Å². The first-order valence-corrected chi connectivity index (χ1v) is 49.8. The fraction of sp³-hybridized carbons (Fsp3) is 0.835. The highest BCUT2D eigenvalue weighted by Crippen LogP contribution is 2.22. The highest BCUT2D eigenvalue weighted by Gasteiger charge is 2.26. The summed E-state index contributed by atoms with van der Waals surface area (Å²) in [4.78, 5) is 184. The summed E-state index contributed by atoms with van der Waals surface area (Å²) in [5.41, 5.74) is 16.3. The molecule has 4 amide bonds. The molecule has 0 aliphatic carbocycles. The molecule has 35 heteroatoms. The zero-order chi connectivity index (χ0) is 98.7. The summed E-state index contributed by atoms with van der Waals surface area (Å²) >= 11 is 0. The summed E-state index contributed by atoms with van der Waals surface area (Å²) in [5.74, 6) is -11.7. The molecule has 0 unspecified atom stereocenters. The first-order chi connectivity index (χ1) is 63.3. The number of nitrogens with two attached hydrogens (primary N) is 3. The molecule has 0 radical (unpaired) electrons. The second-order valence-corrected chi connectivity index (χ2v) is 34.9. The number of rotatable bonds is 97. The maximum absolute atomic E-state index is 12.4. The van der Waals surface area contributed by atoms with Gasteiger partial charge in [0.05, 0.1) is 50.8 Å². The molecule has 35 nitrogen and oxygen atoms in total. The Labute approximate surface area is 785 Å². The Morgan fingerprint density at radius 3 is 0.742 bits per heavy atom. The fourth-order valence-corrected chi connectivity index (χ4v) is 14.4. The summed E-state index contributed by atoms with van der Waals surface area (Å²) in [5, 5.41) is 82.6. The van der Waals surface area contributed by atoms with E-state index in [0.717, 1.165) is 116 Å².